The molecule has 27 heavy (non-hydrogen) atoms. The molecular weight excluding hydrogens is 350 g/mol. The molecule has 1 atom stereocenters. The summed E-state index contributed by atoms with van der Waals surface area (Å²) >= 11 is 0. The monoisotopic (exact) mass is 368 g/mol. The highest BCUT2D eigenvalue weighted by Crippen LogP contribution is 2.44. The van der Waals surface area contributed by atoms with E-state index >= 15 is 0 Å². The Balaban J connectivity index is 1.67. The van der Waals surface area contributed by atoms with Crippen molar-refractivity contribution in [2.24, 2.45) is 0 Å². The van der Waals surface area contributed by atoms with Crippen LogP contribution in [-0.4, -0.2) is 37.5 Å². The van der Waals surface area contributed by atoms with Crippen molar-refractivity contribution in [3.63, 3.8) is 0 Å². The molecule has 3 aromatic rings. The van der Waals surface area contributed by atoms with Crippen LogP contribution in [0.2, 0.25) is 0 Å². The molecular formula is C19H18F2N6. The molecule has 3 heterocycles. The first-order valence-corrected chi connectivity index (χ1v) is 9.06. The van der Waals surface area contributed by atoms with Crippen LogP contribution < -0.4 is 4.90 Å². The van der Waals surface area contributed by atoms with Crippen molar-refractivity contribution in [2.45, 2.75) is 38.2 Å². The Hall–Kier alpha value is -2.90. The first-order chi connectivity index (χ1) is 13.0. The van der Waals surface area contributed by atoms with Crippen LogP contribution in [0.3, 0.4) is 0 Å². The second kappa shape index (κ2) is 5.80. The number of anilines is 1. The van der Waals surface area contributed by atoms with E-state index in [1.54, 1.807) is 17.1 Å². The van der Waals surface area contributed by atoms with Gasteiger partial charge in [0.25, 0.3) is 5.92 Å². The van der Waals surface area contributed by atoms with Crippen LogP contribution in [0, 0.1) is 0 Å². The summed E-state index contributed by atoms with van der Waals surface area (Å²) in [7, 11) is 0. The van der Waals surface area contributed by atoms with E-state index in [2.05, 4.69) is 22.2 Å². The highest BCUT2D eigenvalue weighted by atomic mass is 19.3. The summed E-state index contributed by atoms with van der Waals surface area (Å²) in [5.41, 5.74) is 2.61. The Morgan fingerprint density at radius 3 is 2.81 bits per heavy atom. The fraction of sp³-hybridized carbons (Fsp3) is 0.368. The molecule has 2 aromatic heterocycles. The predicted octanol–water partition coefficient (Wildman–Crippen LogP) is 3.36. The minimum Gasteiger partial charge on any atom is -0.338 e. The molecule has 1 aliphatic heterocycles. The third-order valence-corrected chi connectivity index (χ3v) is 5.41. The Bertz CT molecular complexity index is 1000. The molecule has 0 saturated carbocycles. The predicted molar refractivity (Wildman–Crippen MR) is 96.0 cm³/mol. The van der Waals surface area contributed by atoms with Gasteiger partial charge in [0.15, 0.2) is 0 Å². The summed E-state index contributed by atoms with van der Waals surface area (Å²) in [6.07, 6.45) is 4.42. The summed E-state index contributed by atoms with van der Waals surface area (Å²) in [5, 5.41) is 7.82. The number of rotatable bonds is 3. The smallest absolute Gasteiger partial charge is 0.290 e. The van der Waals surface area contributed by atoms with Crippen LogP contribution >= 0.6 is 0 Å². The lowest BCUT2D eigenvalue weighted by Crippen LogP contribution is -2.47. The van der Waals surface area contributed by atoms with Gasteiger partial charge in [-0.05, 0) is 31.9 Å². The lowest BCUT2D eigenvalue weighted by molar-refractivity contribution is -0.00595. The quantitative estimate of drug-likeness (QED) is 0.709. The van der Waals surface area contributed by atoms with Gasteiger partial charge in [-0.15, -0.1) is 5.10 Å². The maximum absolute atomic E-state index is 14.5. The number of hydrogen-bond acceptors (Lipinski definition) is 5. The number of halogens is 2. The van der Waals surface area contributed by atoms with E-state index in [-0.39, 0.29) is 24.6 Å². The van der Waals surface area contributed by atoms with Gasteiger partial charge >= 0.3 is 0 Å². The molecule has 1 saturated heterocycles. The van der Waals surface area contributed by atoms with Crippen molar-refractivity contribution in [3.05, 3.63) is 47.9 Å². The summed E-state index contributed by atoms with van der Waals surface area (Å²) in [6, 6.07) is 7.83. The van der Waals surface area contributed by atoms with Crippen LogP contribution in [0.15, 0.2) is 36.7 Å². The van der Waals surface area contributed by atoms with Gasteiger partial charge in [0.1, 0.15) is 5.69 Å². The van der Waals surface area contributed by atoms with E-state index in [0.717, 1.165) is 24.2 Å². The molecule has 1 aliphatic carbocycles. The summed E-state index contributed by atoms with van der Waals surface area (Å²) < 4.78 is 30.6. The van der Waals surface area contributed by atoms with Gasteiger partial charge in [-0.3, -0.25) is 0 Å². The van der Waals surface area contributed by atoms with E-state index in [1.165, 1.54) is 0 Å². The Kier molecular flexibility index (Phi) is 3.50. The third-order valence-electron chi connectivity index (χ3n) is 5.41. The normalized spacial score (nSPS) is 20.4. The second-order valence-corrected chi connectivity index (χ2v) is 7.13. The Labute approximate surface area is 154 Å². The number of nitrogens with zero attached hydrogens (tertiary/aromatic N) is 6. The van der Waals surface area contributed by atoms with Gasteiger partial charge in [-0.1, -0.05) is 17.3 Å². The zero-order chi connectivity index (χ0) is 18.6. The fourth-order valence-corrected chi connectivity index (χ4v) is 3.73. The molecule has 0 spiro atoms. The standard InChI is InChI=1S/C19H18F2N6/c1-12-6-9-26(12)18-23-16(15-5-7-19(20,21)17(15)24-18)13-3-2-4-14(11-13)27-10-8-22-25-27/h2-4,8,10-12H,5-7,9H2,1H3/t12-/m0/s1. The minimum atomic E-state index is -2.90. The van der Waals surface area contributed by atoms with Crippen molar-refractivity contribution < 1.29 is 8.78 Å². The SMILES string of the molecule is C[C@H]1CCN1c1nc(-c2cccc(-n3ccnn3)c2)c2c(n1)C(F)(F)CC2. The van der Waals surface area contributed by atoms with Crippen molar-refractivity contribution in [1.29, 1.82) is 0 Å². The minimum absolute atomic E-state index is 0.118. The molecule has 138 valence electrons. The highest BCUT2D eigenvalue weighted by molar-refractivity contribution is 5.69. The topological polar surface area (TPSA) is 59.7 Å². The molecule has 0 radical (unpaired) electrons. The molecule has 8 heteroatoms. The molecule has 5 rings (SSSR count). The van der Waals surface area contributed by atoms with Crippen molar-refractivity contribution >= 4 is 5.95 Å². The van der Waals surface area contributed by atoms with Crippen molar-refractivity contribution in [1.82, 2.24) is 25.0 Å². The lowest BCUT2D eigenvalue weighted by Gasteiger charge is -2.39. The van der Waals surface area contributed by atoms with Gasteiger partial charge < -0.3 is 4.90 Å². The second-order valence-electron chi connectivity index (χ2n) is 7.13. The molecule has 6 nitrogen and oxygen atoms in total. The van der Waals surface area contributed by atoms with E-state index in [1.807, 2.05) is 29.2 Å². The zero-order valence-corrected chi connectivity index (χ0v) is 14.8. The van der Waals surface area contributed by atoms with Crippen LogP contribution in [-0.2, 0) is 12.3 Å². The van der Waals surface area contributed by atoms with Crippen LogP contribution in [0.5, 0.6) is 0 Å². The van der Waals surface area contributed by atoms with Gasteiger partial charge in [0, 0.05) is 30.1 Å². The van der Waals surface area contributed by atoms with Crippen LogP contribution in [0.25, 0.3) is 16.9 Å². The first kappa shape index (κ1) is 16.3. The van der Waals surface area contributed by atoms with Crippen LogP contribution in [0.1, 0.15) is 31.0 Å². The Morgan fingerprint density at radius 1 is 1.22 bits per heavy atom. The lowest BCUT2D eigenvalue weighted by atomic mass is 10.0. The first-order valence-electron chi connectivity index (χ1n) is 9.06. The highest BCUT2D eigenvalue weighted by Gasteiger charge is 2.44. The van der Waals surface area contributed by atoms with Gasteiger partial charge in [-0.25, -0.2) is 14.6 Å². The van der Waals surface area contributed by atoms with E-state index in [0.29, 0.717) is 17.2 Å². The summed E-state index contributed by atoms with van der Waals surface area (Å²) in [4.78, 5) is 11.0. The molecule has 2 aliphatic rings. The average molecular weight is 368 g/mol. The summed E-state index contributed by atoms with van der Waals surface area (Å²) in [5.74, 6) is -2.51. The molecule has 0 bridgehead atoms. The maximum Gasteiger partial charge on any atom is 0.290 e. The number of benzene rings is 1. The van der Waals surface area contributed by atoms with E-state index < -0.39 is 5.92 Å². The third kappa shape index (κ3) is 2.58. The van der Waals surface area contributed by atoms with Crippen molar-refractivity contribution in [2.75, 3.05) is 11.4 Å². The number of hydrogen-bond donors (Lipinski definition) is 0. The molecule has 0 N–H and O–H groups in total. The molecule has 0 amide bonds. The number of alkyl halides is 2. The van der Waals surface area contributed by atoms with Gasteiger partial charge in [-0.2, -0.15) is 8.78 Å². The average Bonchev–Trinajstić information content (AvgIpc) is 3.29. The van der Waals surface area contributed by atoms with Crippen molar-refractivity contribution in [3.8, 4) is 16.9 Å². The molecule has 0 unspecified atom stereocenters. The fourth-order valence-electron chi connectivity index (χ4n) is 3.73. The van der Waals surface area contributed by atoms with Gasteiger partial charge in [0.05, 0.1) is 23.8 Å². The van der Waals surface area contributed by atoms with Gasteiger partial charge in [0.2, 0.25) is 5.95 Å². The largest absolute Gasteiger partial charge is 0.338 e. The van der Waals surface area contributed by atoms with E-state index in [9.17, 15) is 8.78 Å². The van der Waals surface area contributed by atoms with Crippen LogP contribution in [0.4, 0.5) is 14.7 Å². The summed E-state index contributed by atoms with van der Waals surface area (Å²) in [6.45, 7) is 2.85. The molecule has 1 fully saturated rings. The number of fused-ring (bicyclic) bond motifs is 1. The van der Waals surface area contributed by atoms with E-state index in [4.69, 9.17) is 4.98 Å². The number of aromatic nitrogens is 5. The Morgan fingerprint density at radius 2 is 2.11 bits per heavy atom. The molecule has 1 aromatic carbocycles. The zero-order valence-electron chi connectivity index (χ0n) is 14.8. The maximum atomic E-state index is 14.5.